The number of hydrogen-bond donors (Lipinski definition) is 1. The number of nitrogens with zero attached hydrogens (tertiary/aromatic N) is 4. The predicted molar refractivity (Wildman–Crippen MR) is 129 cm³/mol. The third-order valence-corrected chi connectivity index (χ3v) is 6.50. The summed E-state index contributed by atoms with van der Waals surface area (Å²) in [6.07, 6.45) is -1.16. The Morgan fingerprint density at radius 1 is 1.14 bits per heavy atom. The Labute approximate surface area is 203 Å². The van der Waals surface area contributed by atoms with Gasteiger partial charge in [0.25, 0.3) is 5.91 Å². The molecule has 6 nitrogen and oxygen atoms in total. The molecule has 1 aliphatic heterocycles. The molecule has 1 aliphatic rings. The van der Waals surface area contributed by atoms with Gasteiger partial charge in [-0.25, -0.2) is 9.67 Å². The number of fused-ring (bicyclic) bond motifs is 1. The Kier molecular flexibility index (Phi) is 7.17. The maximum absolute atomic E-state index is 13.3. The molecule has 0 atom stereocenters. The van der Waals surface area contributed by atoms with Crippen LogP contribution in [0.15, 0.2) is 36.5 Å². The molecule has 3 heterocycles. The molecule has 1 fully saturated rings. The molecule has 1 N–H and O–H groups in total. The number of halogens is 3. The first-order chi connectivity index (χ1) is 16.5. The summed E-state index contributed by atoms with van der Waals surface area (Å²) < 4.78 is 40.8. The number of hydrogen-bond acceptors (Lipinski definition) is 4. The molecule has 0 bridgehead atoms. The van der Waals surface area contributed by atoms with E-state index >= 15 is 0 Å². The second-order valence-corrected chi connectivity index (χ2v) is 9.89. The van der Waals surface area contributed by atoms with E-state index in [9.17, 15) is 18.0 Å². The molecule has 3 aromatic rings. The molecule has 9 heteroatoms. The van der Waals surface area contributed by atoms with E-state index in [4.69, 9.17) is 4.98 Å². The Morgan fingerprint density at radius 3 is 2.49 bits per heavy atom. The van der Waals surface area contributed by atoms with E-state index in [0.29, 0.717) is 36.4 Å². The van der Waals surface area contributed by atoms with Gasteiger partial charge in [-0.3, -0.25) is 9.69 Å². The fourth-order valence-electron chi connectivity index (χ4n) is 4.50. The quantitative estimate of drug-likeness (QED) is 0.495. The molecular formula is C26H32F3N5O. The van der Waals surface area contributed by atoms with Gasteiger partial charge >= 0.3 is 6.18 Å². The second kappa shape index (κ2) is 9.97. The average Bonchev–Trinajstić information content (AvgIpc) is 3.24. The minimum Gasteiger partial charge on any atom is -0.349 e. The summed E-state index contributed by atoms with van der Waals surface area (Å²) in [6, 6.07) is 7.47. The highest BCUT2D eigenvalue weighted by Crippen LogP contribution is 2.30. The molecule has 2 aromatic heterocycles. The highest BCUT2D eigenvalue weighted by atomic mass is 19.4. The standard InChI is InChI=1S/C26H32F3N5O/c1-16(2)23-13-21(22-14-30-34(17(3)4)24(22)32-23)25(35)31-20-8-10-33(11-9-20)15-18-6-5-7-19(12-18)26(27,28)29/h5-7,12-14,16-17,20H,8-11,15H2,1-4H3,(H,31,35). The van der Waals surface area contributed by atoms with Gasteiger partial charge in [0.2, 0.25) is 0 Å². The summed E-state index contributed by atoms with van der Waals surface area (Å²) in [5.41, 5.74) is 2.16. The van der Waals surface area contributed by atoms with Crippen molar-refractivity contribution in [3.63, 3.8) is 0 Å². The lowest BCUT2D eigenvalue weighted by Crippen LogP contribution is -2.44. The normalized spacial score (nSPS) is 15.9. The number of likely N-dealkylation sites (tertiary alicyclic amines) is 1. The van der Waals surface area contributed by atoms with Gasteiger partial charge < -0.3 is 5.32 Å². The first-order valence-corrected chi connectivity index (χ1v) is 12.1. The maximum atomic E-state index is 13.3. The van der Waals surface area contributed by atoms with Crippen molar-refractivity contribution in [1.29, 1.82) is 0 Å². The summed E-state index contributed by atoms with van der Waals surface area (Å²) in [4.78, 5) is 20.2. The molecule has 1 amide bonds. The third-order valence-electron chi connectivity index (χ3n) is 6.50. The zero-order valence-corrected chi connectivity index (χ0v) is 20.6. The van der Waals surface area contributed by atoms with Crippen molar-refractivity contribution >= 4 is 16.9 Å². The lowest BCUT2D eigenvalue weighted by atomic mass is 10.0. The second-order valence-electron chi connectivity index (χ2n) is 9.89. The Hall–Kier alpha value is -2.94. The Bertz CT molecular complexity index is 1190. The monoisotopic (exact) mass is 487 g/mol. The summed E-state index contributed by atoms with van der Waals surface area (Å²) in [7, 11) is 0. The van der Waals surface area contributed by atoms with E-state index in [1.807, 2.05) is 38.4 Å². The number of amides is 1. The van der Waals surface area contributed by atoms with Crippen molar-refractivity contribution in [2.24, 2.45) is 0 Å². The number of aromatic nitrogens is 3. The summed E-state index contributed by atoms with van der Waals surface area (Å²) in [5.74, 6) is 0.0273. The molecule has 0 unspecified atom stereocenters. The van der Waals surface area contributed by atoms with Crippen LogP contribution in [0, 0.1) is 0 Å². The smallest absolute Gasteiger partial charge is 0.349 e. The van der Waals surface area contributed by atoms with E-state index in [-0.39, 0.29) is 23.9 Å². The lowest BCUT2D eigenvalue weighted by Gasteiger charge is -2.32. The van der Waals surface area contributed by atoms with Crippen molar-refractivity contribution in [1.82, 2.24) is 25.0 Å². The molecule has 188 valence electrons. The third kappa shape index (κ3) is 5.66. The van der Waals surface area contributed by atoms with Crippen LogP contribution in [0.2, 0.25) is 0 Å². The van der Waals surface area contributed by atoms with Gasteiger partial charge in [-0.05, 0) is 50.3 Å². The number of pyridine rings is 1. The molecule has 0 spiro atoms. The van der Waals surface area contributed by atoms with Crippen LogP contribution in [0.4, 0.5) is 13.2 Å². The average molecular weight is 488 g/mol. The van der Waals surface area contributed by atoms with Gasteiger partial charge in [-0.15, -0.1) is 0 Å². The first-order valence-electron chi connectivity index (χ1n) is 12.1. The number of nitrogens with one attached hydrogen (secondary N) is 1. The fraction of sp³-hybridized carbons (Fsp3) is 0.500. The van der Waals surface area contributed by atoms with E-state index in [0.717, 1.165) is 30.0 Å². The molecule has 35 heavy (non-hydrogen) atoms. The number of rotatable bonds is 6. The molecule has 0 saturated carbocycles. The Morgan fingerprint density at radius 2 is 1.86 bits per heavy atom. The molecule has 4 rings (SSSR count). The minimum atomic E-state index is -4.34. The van der Waals surface area contributed by atoms with Gasteiger partial charge in [-0.2, -0.15) is 18.3 Å². The van der Waals surface area contributed by atoms with E-state index < -0.39 is 11.7 Å². The van der Waals surface area contributed by atoms with Crippen LogP contribution in [0.1, 0.15) is 79.7 Å². The van der Waals surface area contributed by atoms with Crippen LogP contribution in [0.3, 0.4) is 0 Å². The Balaban J connectivity index is 1.42. The summed E-state index contributed by atoms with van der Waals surface area (Å²) in [6.45, 7) is 10.0. The zero-order chi connectivity index (χ0) is 25.3. The number of piperidine rings is 1. The van der Waals surface area contributed by atoms with Crippen molar-refractivity contribution in [2.45, 2.75) is 71.3 Å². The number of carbonyl (C=O) groups is 1. The topological polar surface area (TPSA) is 63.1 Å². The maximum Gasteiger partial charge on any atom is 0.416 e. The summed E-state index contributed by atoms with van der Waals surface area (Å²) >= 11 is 0. The molecular weight excluding hydrogens is 455 g/mol. The molecule has 0 radical (unpaired) electrons. The zero-order valence-electron chi connectivity index (χ0n) is 20.6. The van der Waals surface area contributed by atoms with Crippen molar-refractivity contribution in [3.05, 3.63) is 58.9 Å². The minimum absolute atomic E-state index is 0.00567. The highest BCUT2D eigenvalue weighted by Gasteiger charge is 2.30. The van der Waals surface area contributed by atoms with Gasteiger partial charge in [-0.1, -0.05) is 32.0 Å². The van der Waals surface area contributed by atoms with Gasteiger partial charge in [0.05, 0.1) is 22.7 Å². The largest absolute Gasteiger partial charge is 0.416 e. The van der Waals surface area contributed by atoms with Crippen LogP contribution in [-0.4, -0.2) is 44.7 Å². The SMILES string of the molecule is CC(C)c1cc(C(=O)NC2CCN(Cc3cccc(C(F)(F)F)c3)CC2)c2cnn(C(C)C)c2n1. The molecule has 1 saturated heterocycles. The number of benzene rings is 1. The number of carbonyl (C=O) groups excluding carboxylic acids is 1. The first kappa shape index (κ1) is 25.2. The lowest BCUT2D eigenvalue weighted by molar-refractivity contribution is -0.137. The van der Waals surface area contributed by atoms with Crippen LogP contribution in [0.25, 0.3) is 11.0 Å². The predicted octanol–water partition coefficient (Wildman–Crippen LogP) is 5.55. The van der Waals surface area contributed by atoms with Crippen molar-refractivity contribution in [2.75, 3.05) is 13.1 Å². The van der Waals surface area contributed by atoms with Crippen LogP contribution >= 0.6 is 0 Å². The van der Waals surface area contributed by atoms with E-state index in [1.165, 1.54) is 12.1 Å². The van der Waals surface area contributed by atoms with Crippen LogP contribution < -0.4 is 5.32 Å². The van der Waals surface area contributed by atoms with E-state index in [1.54, 1.807) is 12.3 Å². The van der Waals surface area contributed by atoms with Crippen LogP contribution in [-0.2, 0) is 12.7 Å². The van der Waals surface area contributed by atoms with Crippen molar-refractivity contribution < 1.29 is 18.0 Å². The van der Waals surface area contributed by atoms with Crippen molar-refractivity contribution in [3.8, 4) is 0 Å². The highest BCUT2D eigenvalue weighted by molar-refractivity contribution is 6.05. The van der Waals surface area contributed by atoms with Gasteiger partial charge in [0.15, 0.2) is 5.65 Å². The van der Waals surface area contributed by atoms with Gasteiger partial charge in [0.1, 0.15) is 0 Å². The van der Waals surface area contributed by atoms with Crippen LogP contribution in [0.5, 0.6) is 0 Å². The molecule has 1 aromatic carbocycles. The number of alkyl halides is 3. The van der Waals surface area contributed by atoms with Gasteiger partial charge in [0, 0.05) is 37.4 Å². The summed E-state index contributed by atoms with van der Waals surface area (Å²) in [5, 5.41) is 8.36. The fourth-order valence-corrected chi connectivity index (χ4v) is 4.50. The molecule has 0 aliphatic carbocycles. The van der Waals surface area contributed by atoms with E-state index in [2.05, 4.69) is 15.3 Å².